The van der Waals surface area contributed by atoms with E-state index >= 15 is 0 Å². The third-order valence-electron chi connectivity index (χ3n) is 3.63. The van der Waals surface area contributed by atoms with E-state index in [1.165, 1.54) is 5.56 Å². The highest BCUT2D eigenvalue weighted by atomic mass is 16.5. The third-order valence-corrected chi connectivity index (χ3v) is 3.63. The minimum absolute atomic E-state index is 0.0319. The van der Waals surface area contributed by atoms with Crippen LogP contribution in [0.4, 0.5) is 0 Å². The molecule has 0 heterocycles. The lowest BCUT2D eigenvalue weighted by molar-refractivity contribution is -0.124. The van der Waals surface area contributed by atoms with Crippen molar-refractivity contribution >= 4 is 5.91 Å². The molecule has 122 valence electrons. The van der Waals surface area contributed by atoms with E-state index in [4.69, 9.17) is 4.74 Å². The number of carbonyl (C=O) groups excluding carboxylic acids is 1. The van der Waals surface area contributed by atoms with E-state index in [1.807, 2.05) is 69.4 Å². The lowest BCUT2D eigenvalue weighted by Crippen LogP contribution is -2.33. The smallest absolute Gasteiger partial charge is 0.224 e. The van der Waals surface area contributed by atoms with Crippen LogP contribution in [-0.2, 0) is 11.3 Å². The fourth-order valence-corrected chi connectivity index (χ4v) is 2.24. The van der Waals surface area contributed by atoms with Crippen LogP contribution >= 0.6 is 0 Å². The molecule has 0 fully saturated rings. The van der Waals surface area contributed by atoms with Gasteiger partial charge in [-0.3, -0.25) is 4.79 Å². The van der Waals surface area contributed by atoms with E-state index in [0.29, 0.717) is 13.1 Å². The molecule has 2 aromatic carbocycles. The van der Waals surface area contributed by atoms with Gasteiger partial charge in [-0.1, -0.05) is 42.8 Å². The van der Waals surface area contributed by atoms with Gasteiger partial charge in [0.2, 0.25) is 5.91 Å². The van der Waals surface area contributed by atoms with Gasteiger partial charge in [0.1, 0.15) is 11.5 Å². The van der Waals surface area contributed by atoms with Crippen LogP contribution in [0.5, 0.6) is 11.5 Å². The Bertz CT molecular complexity index is 638. The van der Waals surface area contributed by atoms with E-state index in [9.17, 15) is 4.79 Å². The summed E-state index contributed by atoms with van der Waals surface area (Å²) in [5.74, 6) is 1.52. The Labute approximate surface area is 137 Å². The van der Waals surface area contributed by atoms with Gasteiger partial charge >= 0.3 is 0 Å². The maximum atomic E-state index is 12.0. The summed E-state index contributed by atoms with van der Waals surface area (Å²) in [5.41, 5.74) is 2.15. The SMILES string of the molecule is CNCC(C)C(=O)NCc1ccccc1Oc1ccc(C)cc1. The van der Waals surface area contributed by atoms with Gasteiger partial charge in [-0.2, -0.15) is 0 Å². The Balaban J connectivity index is 2.02. The molecule has 2 N–H and O–H groups in total. The summed E-state index contributed by atoms with van der Waals surface area (Å²) < 4.78 is 5.94. The molecule has 2 aromatic rings. The van der Waals surface area contributed by atoms with Crippen LogP contribution in [0.2, 0.25) is 0 Å². The highest BCUT2D eigenvalue weighted by Crippen LogP contribution is 2.25. The standard InChI is InChI=1S/C19H24N2O2/c1-14-8-10-17(11-9-14)23-18-7-5-4-6-16(18)13-21-19(22)15(2)12-20-3/h4-11,15,20H,12-13H2,1-3H3,(H,21,22). The summed E-state index contributed by atoms with van der Waals surface area (Å²) in [6, 6.07) is 15.7. The largest absolute Gasteiger partial charge is 0.457 e. The maximum absolute atomic E-state index is 12.0. The number of hydrogen-bond donors (Lipinski definition) is 2. The number of para-hydroxylation sites is 1. The molecule has 1 amide bonds. The van der Waals surface area contributed by atoms with E-state index < -0.39 is 0 Å². The van der Waals surface area contributed by atoms with Crippen LogP contribution in [0.15, 0.2) is 48.5 Å². The van der Waals surface area contributed by atoms with Gasteiger partial charge in [-0.05, 0) is 32.2 Å². The fourth-order valence-electron chi connectivity index (χ4n) is 2.24. The zero-order valence-electron chi connectivity index (χ0n) is 13.9. The second-order valence-corrected chi connectivity index (χ2v) is 5.70. The molecule has 0 aliphatic carbocycles. The minimum Gasteiger partial charge on any atom is -0.457 e. The van der Waals surface area contributed by atoms with E-state index in [0.717, 1.165) is 17.1 Å². The second-order valence-electron chi connectivity index (χ2n) is 5.70. The van der Waals surface area contributed by atoms with Crippen molar-refractivity contribution in [2.75, 3.05) is 13.6 Å². The van der Waals surface area contributed by atoms with Gasteiger partial charge in [0.25, 0.3) is 0 Å². The molecule has 0 aliphatic rings. The first-order valence-electron chi connectivity index (χ1n) is 7.85. The second kappa shape index (κ2) is 8.34. The van der Waals surface area contributed by atoms with E-state index in [1.54, 1.807) is 0 Å². The highest BCUT2D eigenvalue weighted by Gasteiger charge is 2.12. The molecule has 23 heavy (non-hydrogen) atoms. The first-order chi connectivity index (χ1) is 11.1. The number of nitrogens with one attached hydrogen (secondary N) is 2. The van der Waals surface area contributed by atoms with E-state index in [2.05, 4.69) is 10.6 Å². The lowest BCUT2D eigenvalue weighted by atomic mass is 10.1. The Morgan fingerprint density at radius 1 is 1.13 bits per heavy atom. The molecule has 0 radical (unpaired) electrons. The molecule has 4 nitrogen and oxygen atoms in total. The normalized spacial score (nSPS) is 11.8. The molecule has 1 atom stereocenters. The number of ether oxygens (including phenoxy) is 1. The Kier molecular flexibility index (Phi) is 6.18. The number of rotatable bonds is 7. The summed E-state index contributed by atoms with van der Waals surface area (Å²) in [6.07, 6.45) is 0. The fraction of sp³-hybridized carbons (Fsp3) is 0.316. The number of aryl methyl sites for hydroxylation is 1. The molecular weight excluding hydrogens is 288 g/mol. The van der Waals surface area contributed by atoms with Crippen molar-refractivity contribution in [3.05, 3.63) is 59.7 Å². The molecule has 0 bridgehead atoms. The Morgan fingerprint density at radius 3 is 2.52 bits per heavy atom. The summed E-state index contributed by atoms with van der Waals surface area (Å²) in [7, 11) is 1.84. The molecule has 0 spiro atoms. The van der Waals surface area contributed by atoms with Crippen molar-refractivity contribution in [2.24, 2.45) is 5.92 Å². The van der Waals surface area contributed by atoms with Gasteiger partial charge in [-0.25, -0.2) is 0 Å². The lowest BCUT2D eigenvalue weighted by Gasteiger charge is -2.14. The van der Waals surface area contributed by atoms with Crippen LogP contribution in [0.25, 0.3) is 0 Å². The van der Waals surface area contributed by atoms with Crippen LogP contribution in [-0.4, -0.2) is 19.5 Å². The zero-order chi connectivity index (χ0) is 16.7. The number of hydrogen-bond acceptors (Lipinski definition) is 3. The predicted molar refractivity (Wildman–Crippen MR) is 92.6 cm³/mol. The Hall–Kier alpha value is -2.33. The molecule has 0 aromatic heterocycles. The number of carbonyl (C=O) groups is 1. The van der Waals surface area contributed by atoms with Crippen LogP contribution in [0.3, 0.4) is 0 Å². The molecule has 4 heteroatoms. The predicted octanol–water partition coefficient (Wildman–Crippen LogP) is 3.26. The minimum atomic E-state index is -0.0646. The van der Waals surface area contributed by atoms with Crippen molar-refractivity contribution in [1.82, 2.24) is 10.6 Å². The Morgan fingerprint density at radius 2 is 1.83 bits per heavy atom. The summed E-state index contributed by atoms with van der Waals surface area (Å²) in [5, 5.41) is 5.97. The van der Waals surface area contributed by atoms with Crippen molar-refractivity contribution in [3.63, 3.8) is 0 Å². The summed E-state index contributed by atoms with van der Waals surface area (Å²) in [6.45, 7) is 5.06. The van der Waals surface area contributed by atoms with Gasteiger partial charge < -0.3 is 15.4 Å². The molecule has 0 saturated carbocycles. The van der Waals surface area contributed by atoms with Crippen molar-refractivity contribution < 1.29 is 9.53 Å². The third kappa shape index (κ3) is 5.11. The first-order valence-corrected chi connectivity index (χ1v) is 7.85. The first kappa shape index (κ1) is 17.0. The molecule has 2 rings (SSSR count). The summed E-state index contributed by atoms with van der Waals surface area (Å²) in [4.78, 5) is 12.0. The van der Waals surface area contributed by atoms with Crippen molar-refractivity contribution in [1.29, 1.82) is 0 Å². The van der Waals surface area contributed by atoms with Gasteiger partial charge in [0.15, 0.2) is 0 Å². The molecule has 1 unspecified atom stereocenters. The molecular formula is C19H24N2O2. The summed E-state index contributed by atoms with van der Waals surface area (Å²) >= 11 is 0. The number of benzene rings is 2. The van der Waals surface area contributed by atoms with Crippen molar-refractivity contribution in [3.8, 4) is 11.5 Å². The van der Waals surface area contributed by atoms with Gasteiger partial charge in [-0.15, -0.1) is 0 Å². The maximum Gasteiger partial charge on any atom is 0.224 e. The quantitative estimate of drug-likeness (QED) is 0.825. The van der Waals surface area contributed by atoms with E-state index in [-0.39, 0.29) is 11.8 Å². The average Bonchev–Trinajstić information content (AvgIpc) is 2.56. The van der Waals surface area contributed by atoms with Gasteiger partial charge in [0.05, 0.1) is 0 Å². The topological polar surface area (TPSA) is 50.4 Å². The van der Waals surface area contributed by atoms with Crippen LogP contribution < -0.4 is 15.4 Å². The van der Waals surface area contributed by atoms with Gasteiger partial charge in [0, 0.05) is 24.6 Å². The molecule has 0 saturated heterocycles. The monoisotopic (exact) mass is 312 g/mol. The average molecular weight is 312 g/mol. The highest BCUT2D eigenvalue weighted by molar-refractivity contribution is 5.78. The van der Waals surface area contributed by atoms with Crippen LogP contribution in [0, 0.1) is 12.8 Å². The number of amides is 1. The molecule has 0 aliphatic heterocycles. The zero-order valence-corrected chi connectivity index (χ0v) is 13.9. The van der Waals surface area contributed by atoms with Crippen LogP contribution in [0.1, 0.15) is 18.1 Å². The van der Waals surface area contributed by atoms with Crippen molar-refractivity contribution in [2.45, 2.75) is 20.4 Å².